The summed E-state index contributed by atoms with van der Waals surface area (Å²) in [5.41, 5.74) is 2.61. The van der Waals surface area contributed by atoms with Crippen LogP contribution in [0.4, 0.5) is 11.6 Å². The van der Waals surface area contributed by atoms with Crippen molar-refractivity contribution in [3.63, 3.8) is 0 Å². The van der Waals surface area contributed by atoms with E-state index in [2.05, 4.69) is 51.8 Å². The zero-order valence-corrected chi connectivity index (χ0v) is 11.5. The molecule has 0 radical (unpaired) electrons. The summed E-state index contributed by atoms with van der Waals surface area (Å²) in [7, 11) is 0. The molecule has 2 N–H and O–H groups in total. The number of rotatable bonds is 6. The van der Waals surface area contributed by atoms with Crippen LogP contribution in [0, 0.1) is 0 Å². The van der Waals surface area contributed by atoms with E-state index in [-0.39, 0.29) is 0 Å². The van der Waals surface area contributed by atoms with Crippen LogP contribution in [0.5, 0.6) is 0 Å². The lowest BCUT2D eigenvalue weighted by molar-refractivity contribution is 1.06. The number of hydrogen-bond acceptors (Lipinski definition) is 4. The van der Waals surface area contributed by atoms with Crippen molar-refractivity contribution >= 4 is 11.6 Å². The molecule has 2 rings (SSSR count). The molecule has 0 aliphatic heterocycles. The highest BCUT2D eigenvalue weighted by Crippen LogP contribution is 2.11. The molecule has 4 nitrogen and oxygen atoms in total. The van der Waals surface area contributed by atoms with E-state index in [1.54, 1.807) is 6.33 Å². The van der Waals surface area contributed by atoms with Gasteiger partial charge in [0.05, 0.1) is 0 Å². The van der Waals surface area contributed by atoms with E-state index in [0.717, 1.165) is 31.1 Å². The lowest BCUT2D eigenvalue weighted by Crippen LogP contribution is -2.04. The number of nitrogens with zero attached hydrogens (tertiary/aromatic N) is 2. The Hall–Kier alpha value is -2.10. The molecule has 100 valence electrons. The molecule has 0 saturated heterocycles. The zero-order chi connectivity index (χ0) is 13.5. The van der Waals surface area contributed by atoms with Gasteiger partial charge in [-0.25, -0.2) is 9.97 Å². The molecule has 0 unspecified atom stereocenters. The average molecular weight is 256 g/mol. The number of aryl methyl sites for hydroxylation is 1. The van der Waals surface area contributed by atoms with E-state index in [1.807, 2.05) is 13.0 Å². The minimum absolute atomic E-state index is 0.770. The number of benzene rings is 1. The van der Waals surface area contributed by atoms with Gasteiger partial charge in [-0.1, -0.05) is 31.2 Å². The molecule has 1 aromatic carbocycles. The van der Waals surface area contributed by atoms with Gasteiger partial charge in [0.25, 0.3) is 0 Å². The Kier molecular flexibility index (Phi) is 4.72. The zero-order valence-electron chi connectivity index (χ0n) is 11.5. The van der Waals surface area contributed by atoms with Crippen molar-refractivity contribution in [1.82, 2.24) is 9.97 Å². The maximum absolute atomic E-state index is 4.21. The van der Waals surface area contributed by atoms with Gasteiger partial charge in [-0.05, 0) is 24.5 Å². The predicted octanol–water partition coefficient (Wildman–Crippen LogP) is 3.08. The molecule has 0 bridgehead atoms. The van der Waals surface area contributed by atoms with Gasteiger partial charge in [0.15, 0.2) is 0 Å². The Morgan fingerprint density at radius 2 is 1.53 bits per heavy atom. The minimum Gasteiger partial charge on any atom is -0.370 e. The molecule has 0 aliphatic rings. The second kappa shape index (κ2) is 6.73. The van der Waals surface area contributed by atoms with E-state index >= 15 is 0 Å². The Bertz CT molecular complexity index is 508. The van der Waals surface area contributed by atoms with E-state index in [9.17, 15) is 0 Å². The van der Waals surface area contributed by atoms with Gasteiger partial charge in [-0.15, -0.1) is 0 Å². The van der Waals surface area contributed by atoms with E-state index in [1.165, 1.54) is 11.1 Å². The molecule has 0 atom stereocenters. The summed E-state index contributed by atoms with van der Waals surface area (Å²) in [6.07, 6.45) is 2.65. The third-order valence-corrected chi connectivity index (χ3v) is 2.93. The number of hydrogen-bond donors (Lipinski definition) is 2. The fraction of sp³-hybridized carbons (Fsp3) is 0.333. The number of aromatic nitrogens is 2. The minimum atomic E-state index is 0.770. The lowest BCUT2D eigenvalue weighted by atomic mass is 10.1. The van der Waals surface area contributed by atoms with Crippen molar-refractivity contribution in [2.45, 2.75) is 26.8 Å². The average Bonchev–Trinajstić information content (AvgIpc) is 2.46. The number of nitrogens with one attached hydrogen (secondary N) is 2. The summed E-state index contributed by atoms with van der Waals surface area (Å²) in [5.74, 6) is 1.69. The maximum atomic E-state index is 4.21. The second-order valence-electron chi connectivity index (χ2n) is 4.34. The normalized spacial score (nSPS) is 10.2. The SMILES string of the molecule is CCNc1cc(NCc2ccc(CC)cc2)ncn1. The lowest BCUT2D eigenvalue weighted by Gasteiger charge is -2.08. The molecule has 1 aromatic heterocycles. The van der Waals surface area contributed by atoms with Gasteiger partial charge >= 0.3 is 0 Å². The van der Waals surface area contributed by atoms with Crippen LogP contribution in [0.3, 0.4) is 0 Å². The number of anilines is 2. The maximum Gasteiger partial charge on any atom is 0.131 e. The van der Waals surface area contributed by atoms with Crippen LogP contribution < -0.4 is 10.6 Å². The molecule has 0 amide bonds. The molecular weight excluding hydrogens is 236 g/mol. The molecule has 1 heterocycles. The topological polar surface area (TPSA) is 49.8 Å². The predicted molar refractivity (Wildman–Crippen MR) is 79.3 cm³/mol. The summed E-state index contributed by atoms with van der Waals surface area (Å²) in [5, 5.41) is 6.48. The van der Waals surface area contributed by atoms with Crippen LogP contribution in [0.15, 0.2) is 36.7 Å². The smallest absolute Gasteiger partial charge is 0.131 e. The van der Waals surface area contributed by atoms with Crippen molar-refractivity contribution < 1.29 is 0 Å². The highest BCUT2D eigenvalue weighted by molar-refractivity contribution is 5.46. The third-order valence-electron chi connectivity index (χ3n) is 2.93. The highest BCUT2D eigenvalue weighted by Gasteiger charge is 1.98. The Balaban J connectivity index is 1.95. The van der Waals surface area contributed by atoms with Crippen molar-refractivity contribution in [3.05, 3.63) is 47.8 Å². The monoisotopic (exact) mass is 256 g/mol. The van der Waals surface area contributed by atoms with Gasteiger partial charge in [0, 0.05) is 19.2 Å². The third kappa shape index (κ3) is 3.95. The van der Waals surface area contributed by atoms with Crippen LogP contribution in [0.1, 0.15) is 25.0 Å². The van der Waals surface area contributed by atoms with E-state index < -0.39 is 0 Å². The molecule has 0 spiro atoms. The van der Waals surface area contributed by atoms with E-state index in [0.29, 0.717) is 0 Å². The molecule has 2 aromatic rings. The Morgan fingerprint density at radius 3 is 2.16 bits per heavy atom. The summed E-state index contributed by atoms with van der Waals surface area (Å²) in [6.45, 7) is 5.84. The van der Waals surface area contributed by atoms with Crippen LogP contribution >= 0.6 is 0 Å². The first-order chi connectivity index (χ1) is 9.31. The fourth-order valence-electron chi connectivity index (χ4n) is 1.82. The van der Waals surface area contributed by atoms with Gasteiger partial charge in [-0.2, -0.15) is 0 Å². The van der Waals surface area contributed by atoms with Gasteiger partial charge in [-0.3, -0.25) is 0 Å². The quantitative estimate of drug-likeness (QED) is 0.834. The summed E-state index contributed by atoms with van der Waals surface area (Å²) < 4.78 is 0. The summed E-state index contributed by atoms with van der Waals surface area (Å²) >= 11 is 0. The van der Waals surface area contributed by atoms with Gasteiger partial charge in [0.2, 0.25) is 0 Å². The van der Waals surface area contributed by atoms with Crippen LogP contribution in [0.25, 0.3) is 0 Å². The Morgan fingerprint density at radius 1 is 0.895 bits per heavy atom. The van der Waals surface area contributed by atoms with E-state index in [4.69, 9.17) is 0 Å². The van der Waals surface area contributed by atoms with Crippen LogP contribution in [-0.2, 0) is 13.0 Å². The molecule has 0 saturated carbocycles. The van der Waals surface area contributed by atoms with Crippen LogP contribution in [0.2, 0.25) is 0 Å². The Labute approximate surface area is 114 Å². The second-order valence-corrected chi connectivity index (χ2v) is 4.34. The molecule has 0 fully saturated rings. The summed E-state index contributed by atoms with van der Waals surface area (Å²) in [4.78, 5) is 8.35. The standard InChI is InChI=1S/C15H20N4/c1-3-12-5-7-13(8-6-12)10-17-15-9-14(16-4-2)18-11-19-15/h5-9,11H,3-4,10H2,1-2H3,(H2,16,17,18,19). The first-order valence-corrected chi connectivity index (χ1v) is 6.69. The van der Waals surface area contributed by atoms with Crippen LogP contribution in [-0.4, -0.2) is 16.5 Å². The van der Waals surface area contributed by atoms with Gasteiger partial charge < -0.3 is 10.6 Å². The fourth-order valence-corrected chi connectivity index (χ4v) is 1.82. The molecular formula is C15H20N4. The molecule has 19 heavy (non-hydrogen) atoms. The van der Waals surface area contributed by atoms with Crippen molar-refractivity contribution in [3.8, 4) is 0 Å². The van der Waals surface area contributed by atoms with Crippen molar-refractivity contribution in [2.24, 2.45) is 0 Å². The van der Waals surface area contributed by atoms with Gasteiger partial charge in [0.1, 0.15) is 18.0 Å². The van der Waals surface area contributed by atoms with Crippen molar-refractivity contribution in [2.75, 3.05) is 17.2 Å². The van der Waals surface area contributed by atoms with Crippen molar-refractivity contribution in [1.29, 1.82) is 0 Å². The first-order valence-electron chi connectivity index (χ1n) is 6.69. The molecule has 4 heteroatoms. The summed E-state index contributed by atoms with van der Waals surface area (Å²) in [6, 6.07) is 10.6. The molecule has 0 aliphatic carbocycles. The largest absolute Gasteiger partial charge is 0.370 e. The first kappa shape index (κ1) is 13.3. The highest BCUT2D eigenvalue weighted by atomic mass is 15.1.